The van der Waals surface area contributed by atoms with Crippen molar-refractivity contribution in [1.82, 2.24) is 10.3 Å². The average Bonchev–Trinajstić information content (AvgIpc) is 2.79. The Morgan fingerprint density at radius 3 is 2.28 bits per heavy atom. The molecule has 0 spiro atoms. The van der Waals surface area contributed by atoms with Gasteiger partial charge in [0, 0.05) is 17.6 Å². The van der Waals surface area contributed by atoms with Crippen LogP contribution >= 0.6 is 0 Å². The zero-order valence-electron chi connectivity index (χ0n) is 16.0. The molecule has 1 amide bonds. The first-order valence-electron chi connectivity index (χ1n) is 9.68. The first-order chi connectivity index (χ1) is 14.3. The van der Waals surface area contributed by atoms with Gasteiger partial charge in [-0.25, -0.2) is 4.98 Å². The van der Waals surface area contributed by atoms with Gasteiger partial charge in [-0.3, -0.25) is 4.79 Å². The number of aliphatic hydroxyl groups excluding tert-OH is 1. The van der Waals surface area contributed by atoms with E-state index in [2.05, 4.69) is 5.32 Å². The summed E-state index contributed by atoms with van der Waals surface area (Å²) >= 11 is 0. The van der Waals surface area contributed by atoms with Gasteiger partial charge >= 0.3 is 0 Å². The van der Waals surface area contributed by atoms with E-state index in [0.29, 0.717) is 12.0 Å². The molecule has 3 aromatic carbocycles. The van der Waals surface area contributed by atoms with E-state index >= 15 is 0 Å². The quantitative estimate of drug-likeness (QED) is 0.506. The Labute approximate surface area is 169 Å². The number of para-hydroxylation sites is 1. The number of hydrogen-bond acceptors (Lipinski definition) is 3. The zero-order chi connectivity index (χ0) is 20.1. The maximum absolute atomic E-state index is 13.3. The van der Waals surface area contributed by atoms with E-state index in [9.17, 15) is 9.90 Å². The van der Waals surface area contributed by atoms with E-state index < -0.39 is 0 Å². The molecule has 0 aliphatic heterocycles. The number of aliphatic hydroxyl groups is 1. The monoisotopic (exact) mass is 382 g/mol. The van der Waals surface area contributed by atoms with E-state index in [0.717, 1.165) is 27.7 Å². The van der Waals surface area contributed by atoms with E-state index in [4.69, 9.17) is 4.98 Å². The smallest absolute Gasteiger partial charge is 0.252 e. The van der Waals surface area contributed by atoms with Gasteiger partial charge in [0.2, 0.25) is 0 Å². The molecule has 1 heterocycles. The van der Waals surface area contributed by atoms with Gasteiger partial charge in [0.05, 0.1) is 22.8 Å². The van der Waals surface area contributed by atoms with Crippen molar-refractivity contribution in [2.75, 3.05) is 6.61 Å². The minimum Gasteiger partial charge on any atom is -0.396 e. The fraction of sp³-hybridized carbons (Fsp3) is 0.120. The maximum atomic E-state index is 13.3. The maximum Gasteiger partial charge on any atom is 0.252 e. The highest BCUT2D eigenvalue weighted by atomic mass is 16.3. The van der Waals surface area contributed by atoms with Gasteiger partial charge in [-0.05, 0) is 24.1 Å². The highest BCUT2D eigenvalue weighted by molar-refractivity contribution is 6.07. The molecular formula is C25H22N2O2. The summed E-state index contributed by atoms with van der Waals surface area (Å²) in [6, 6.07) is 28.8. The second-order valence-electron chi connectivity index (χ2n) is 6.89. The number of benzene rings is 3. The summed E-state index contributed by atoms with van der Waals surface area (Å²) < 4.78 is 0. The molecule has 4 aromatic rings. The number of rotatable bonds is 6. The standard InChI is InChI=1S/C25H22N2O2/c28-16-15-22(18-9-3-1-4-10-18)27-25(29)21-17-24(19-11-5-2-6-12-19)26-23-14-8-7-13-20(21)23/h1-14,17,22,28H,15-16H2,(H,27,29)/t22-/m1/s1. The predicted octanol–water partition coefficient (Wildman–Crippen LogP) is 4.76. The van der Waals surface area contributed by atoms with Crippen molar-refractivity contribution in [3.63, 3.8) is 0 Å². The van der Waals surface area contributed by atoms with Crippen LogP contribution in [-0.2, 0) is 0 Å². The minimum atomic E-state index is -0.263. The lowest BCUT2D eigenvalue weighted by atomic mass is 10.0. The normalized spacial score (nSPS) is 11.9. The number of nitrogens with one attached hydrogen (secondary N) is 1. The molecule has 0 aliphatic carbocycles. The van der Waals surface area contributed by atoms with Crippen LogP contribution in [-0.4, -0.2) is 22.6 Å². The number of carbonyl (C=O) groups excluding carboxylic acids is 1. The Bertz CT molecular complexity index is 1110. The number of amides is 1. The van der Waals surface area contributed by atoms with Crippen molar-refractivity contribution in [3.05, 3.63) is 102 Å². The third kappa shape index (κ3) is 4.18. The molecule has 0 saturated carbocycles. The SMILES string of the molecule is O=C(N[C@H](CCO)c1ccccc1)c1cc(-c2ccccc2)nc2ccccc12. The van der Waals surface area contributed by atoms with Gasteiger partial charge in [-0.2, -0.15) is 0 Å². The molecule has 0 unspecified atom stereocenters. The first-order valence-corrected chi connectivity index (χ1v) is 9.68. The van der Waals surface area contributed by atoms with Gasteiger partial charge in [0.1, 0.15) is 0 Å². The largest absolute Gasteiger partial charge is 0.396 e. The Hall–Kier alpha value is -3.50. The minimum absolute atomic E-state index is 0.00774. The van der Waals surface area contributed by atoms with E-state index in [1.807, 2.05) is 91.0 Å². The number of pyridine rings is 1. The first kappa shape index (κ1) is 18.8. The fourth-order valence-electron chi connectivity index (χ4n) is 3.49. The Morgan fingerprint density at radius 2 is 1.55 bits per heavy atom. The molecule has 1 atom stereocenters. The van der Waals surface area contributed by atoms with E-state index in [1.165, 1.54) is 0 Å². The number of fused-ring (bicyclic) bond motifs is 1. The van der Waals surface area contributed by atoms with Crippen LogP contribution in [0, 0.1) is 0 Å². The lowest BCUT2D eigenvalue weighted by molar-refractivity contribution is 0.0931. The third-order valence-corrected chi connectivity index (χ3v) is 4.96. The van der Waals surface area contributed by atoms with Gasteiger partial charge in [-0.1, -0.05) is 78.9 Å². The van der Waals surface area contributed by atoms with Gasteiger partial charge < -0.3 is 10.4 Å². The molecule has 1 aromatic heterocycles. The van der Waals surface area contributed by atoms with Crippen LogP contribution in [0.1, 0.15) is 28.4 Å². The fourth-order valence-corrected chi connectivity index (χ4v) is 3.49. The van der Waals surface area contributed by atoms with Crippen molar-refractivity contribution in [2.45, 2.75) is 12.5 Å². The topological polar surface area (TPSA) is 62.2 Å². The summed E-state index contributed by atoms with van der Waals surface area (Å²) in [4.78, 5) is 18.0. The van der Waals surface area contributed by atoms with Crippen LogP contribution in [0.2, 0.25) is 0 Å². The molecular weight excluding hydrogens is 360 g/mol. The third-order valence-electron chi connectivity index (χ3n) is 4.96. The van der Waals surface area contributed by atoms with Crippen molar-refractivity contribution in [3.8, 4) is 11.3 Å². The number of carbonyl (C=O) groups is 1. The van der Waals surface area contributed by atoms with Gasteiger partial charge in [0.15, 0.2) is 0 Å². The van der Waals surface area contributed by atoms with Gasteiger partial charge in [-0.15, -0.1) is 0 Å². The number of aromatic nitrogens is 1. The molecule has 4 rings (SSSR count). The molecule has 0 aliphatic rings. The Balaban J connectivity index is 1.74. The highest BCUT2D eigenvalue weighted by Gasteiger charge is 2.18. The lowest BCUT2D eigenvalue weighted by Gasteiger charge is -2.19. The summed E-state index contributed by atoms with van der Waals surface area (Å²) in [5.41, 5.74) is 4.04. The Kier molecular flexibility index (Phi) is 5.63. The Morgan fingerprint density at radius 1 is 0.897 bits per heavy atom. The van der Waals surface area contributed by atoms with E-state index in [1.54, 1.807) is 0 Å². The summed E-state index contributed by atoms with van der Waals surface area (Å²) in [5.74, 6) is -0.178. The van der Waals surface area contributed by atoms with Crippen molar-refractivity contribution in [2.24, 2.45) is 0 Å². The predicted molar refractivity (Wildman–Crippen MR) is 116 cm³/mol. The summed E-state index contributed by atoms with van der Waals surface area (Å²) in [5, 5.41) is 13.4. The van der Waals surface area contributed by atoms with Crippen LogP contribution in [0.15, 0.2) is 91.0 Å². The van der Waals surface area contributed by atoms with Gasteiger partial charge in [0.25, 0.3) is 5.91 Å². The second-order valence-corrected chi connectivity index (χ2v) is 6.89. The molecule has 144 valence electrons. The summed E-state index contributed by atoms with van der Waals surface area (Å²) in [6.45, 7) is -0.00774. The second kappa shape index (κ2) is 8.67. The highest BCUT2D eigenvalue weighted by Crippen LogP contribution is 2.26. The van der Waals surface area contributed by atoms with Crippen molar-refractivity contribution in [1.29, 1.82) is 0 Å². The molecule has 0 fully saturated rings. The molecule has 0 radical (unpaired) electrons. The average molecular weight is 382 g/mol. The van der Waals surface area contributed by atoms with Crippen LogP contribution in [0.3, 0.4) is 0 Å². The molecule has 0 bridgehead atoms. The van der Waals surface area contributed by atoms with Crippen LogP contribution in [0.25, 0.3) is 22.2 Å². The number of hydrogen-bond donors (Lipinski definition) is 2. The molecule has 0 saturated heterocycles. The molecule has 4 heteroatoms. The van der Waals surface area contributed by atoms with Crippen LogP contribution in [0.4, 0.5) is 0 Å². The van der Waals surface area contributed by atoms with Crippen LogP contribution < -0.4 is 5.32 Å². The number of nitrogens with zero attached hydrogens (tertiary/aromatic N) is 1. The van der Waals surface area contributed by atoms with Crippen LogP contribution in [0.5, 0.6) is 0 Å². The lowest BCUT2D eigenvalue weighted by Crippen LogP contribution is -2.29. The summed E-state index contributed by atoms with van der Waals surface area (Å²) in [6.07, 6.45) is 0.449. The van der Waals surface area contributed by atoms with Crippen molar-refractivity contribution < 1.29 is 9.90 Å². The zero-order valence-corrected chi connectivity index (χ0v) is 16.0. The van der Waals surface area contributed by atoms with E-state index in [-0.39, 0.29) is 18.6 Å². The summed E-state index contributed by atoms with van der Waals surface area (Å²) in [7, 11) is 0. The molecule has 2 N–H and O–H groups in total. The van der Waals surface area contributed by atoms with Crippen molar-refractivity contribution >= 4 is 16.8 Å². The molecule has 29 heavy (non-hydrogen) atoms. The molecule has 4 nitrogen and oxygen atoms in total.